The van der Waals surface area contributed by atoms with E-state index in [1.54, 1.807) is 24.3 Å². The second-order valence-electron chi connectivity index (χ2n) is 15.9. The Balaban J connectivity index is 0.000000316. The second-order valence-corrected chi connectivity index (χ2v) is 17.5. The van der Waals surface area contributed by atoms with E-state index >= 15 is 0 Å². The number of nitrogens with zero attached hydrogens (tertiary/aromatic N) is 4. The average molecular weight is 1110 g/mol. The van der Waals surface area contributed by atoms with Crippen molar-refractivity contribution in [2.24, 2.45) is 0 Å². The predicted octanol–water partition coefficient (Wildman–Crippen LogP) is 3.91. The fourth-order valence-electron chi connectivity index (χ4n) is 8.10. The number of aliphatic hydroxyl groups excluding tert-OH is 4. The molecule has 4 heterocycles. The van der Waals surface area contributed by atoms with E-state index in [0.29, 0.717) is 26.2 Å². The molecule has 0 spiro atoms. The number of phenols is 4. The summed E-state index contributed by atoms with van der Waals surface area (Å²) < 4.78 is 76.4. The number of rotatable bonds is 8. The molecule has 0 bridgehead atoms. The molecule has 0 aliphatic carbocycles. The Labute approximate surface area is 451 Å². The number of para-hydroxylation sites is 4. The summed E-state index contributed by atoms with van der Waals surface area (Å²) in [5, 5.41) is 73.3. The molecule has 10 rings (SSSR count). The maximum atomic E-state index is 10.3. The summed E-state index contributed by atoms with van der Waals surface area (Å²) in [4.78, 5) is 0. The summed E-state index contributed by atoms with van der Waals surface area (Å²) in [6.45, 7) is 2.71. The summed E-state index contributed by atoms with van der Waals surface area (Å²) >= 11 is 0. The minimum atomic E-state index is -5.17. The first-order valence-corrected chi connectivity index (χ1v) is 25.7. The minimum Gasteiger partial charge on any atom is -0.759 e. The molecule has 0 fully saturated rings. The van der Waals surface area contributed by atoms with E-state index in [4.69, 9.17) is 55.5 Å². The van der Waals surface area contributed by atoms with Gasteiger partial charge in [0.2, 0.25) is 0 Å². The Kier molecular flexibility index (Phi) is 26.0. The molecule has 8 N–H and O–H groups in total. The lowest BCUT2D eigenvalue weighted by Gasteiger charge is -2.06. The molecule has 78 heavy (non-hydrogen) atoms. The van der Waals surface area contributed by atoms with Crippen LogP contribution in [0.3, 0.4) is 0 Å². The zero-order valence-corrected chi connectivity index (χ0v) is 44.4. The van der Waals surface area contributed by atoms with Crippen molar-refractivity contribution in [1.29, 1.82) is 0 Å². The molecular weight excluding hydrogens is 1050 g/mol. The Morgan fingerprint density at radius 2 is 0.449 bits per heavy atom. The summed E-state index contributed by atoms with van der Waals surface area (Å²) in [5.41, 5.74) is 7.99. The van der Waals surface area contributed by atoms with Crippen LogP contribution in [-0.4, -0.2) is 104 Å². The third-order valence-corrected chi connectivity index (χ3v) is 11.0. The molecule has 412 valence electrons. The van der Waals surface area contributed by atoms with E-state index < -0.39 is 20.8 Å². The van der Waals surface area contributed by atoms with E-state index in [1.165, 1.54) is 0 Å². The van der Waals surface area contributed by atoms with Gasteiger partial charge in [0.1, 0.15) is 0 Å². The van der Waals surface area contributed by atoms with Crippen LogP contribution in [0.1, 0.15) is 22.3 Å². The number of phenolic OH excluding ortho intramolecular Hbond substituents is 4. The highest BCUT2D eigenvalue weighted by Crippen LogP contribution is 2.24. The monoisotopic (exact) mass is 1110 g/mol. The molecule has 0 aliphatic heterocycles. The lowest BCUT2D eigenvalue weighted by atomic mass is 10.1. The van der Waals surface area contributed by atoms with Crippen LogP contribution in [0.25, 0.3) is 43.6 Å². The van der Waals surface area contributed by atoms with Crippen molar-refractivity contribution >= 4 is 64.4 Å². The van der Waals surface area contributed by atoms with Gasteiger partial charge in [-0.1, -0.05) is 72.8 Å². The van der Waals surface area contributed by atoms with Gasteiger partial charge in [0.05, 0.1) is 21.5 Å². The largest absolute Gasteiger partial charge is 0.759 e. The third kappa shape index (κ3) is 19.7. The fraction of sp³-hybridized carbons (Fsp3) is 0.143. The fourth-order valence-corrected chi connectivity index (χ4v) is 8.10. The van der Waals surface area contributed by atoms with Gasteiger partial charge < -0.3 is 59.1 Å². The van der Waals surface area contributed by atoms with Crippen LogP contribution in [0.4, 0.5) is 0 Å². The molecule has 0 amide bonds. The number of aromatic nitrogens is 4. The van der Waals surface area contributed by atoms with Gasteiger partial charge in [-0.25, -0.2) is 0 Å². The SMILES string of the molecule is CO.CO.CO.CO.O=S(=O)([O-])[O-].O=S(=O)([O-])[O-].Oc1cccc2ccc[n+](Cc3ccc(C[n+]4cccc5cccc(O)c54)cc3)c12.Oc1cccc2ccc[n+](Cc3ccc(C[n+]4cccc5cccc(O)c54)cc3)c12. The smallest absolute Gasteiger partial charge is 0.254 e. The quantitative estimate of drug-likeness (QED) is 0.0607. The van der Waals surface area contributed by atoms with Gasteiger partial charge in [-0.2, -0.15) is 18.3 Å². The molecule has 10 aromatic rings. The number of pyridine rings is 4. The van der Waals surface area contributed by atoms with Crippen molar-refractivity contribution in [2.75, 3.05) is 28.4 Å². The highest BCUT2D eigenvalue weighted by atomic mass is 32.3. The van der Waals surface area contributed by atoms with Crippen LogP contribution in [-0.2, 0) is 47.0 Å². The molecule has 6 aromatic carbocycles. The molecule has 0 unspecified atom stereocenters. The molecule has 0 atom stereocenters. The molecule has 20 nitrogen and oxygen atoms in total. The van der Waals surface area contributed by atoms with Crippen LogP contribution in [0.2, 0.25) is 0 Å². The van der Waals surface area contributed by atoms with E-state index in [1.807, 2.05) is 122 Å². The first-order valence-electron chi connectivity index (χ1n) is 23.1. The number of hydrogen-bond donors (Lipinski definition) is 8. The van der Waals surface area contributed by atoms with Gasteiger partial charge in [-0.05, 0) is 72.8 Å². The number of benzene rings is 6. The molecule has 22 heteroatoms. The van der Waals surface area contributed by atoms with Gasteiger partial charge in [0.25, 0.3) is 22.1 Å². The molecular formula is C56H60N4O16S2. The standard InChI is InChI=1S/2C26H20N2O2.4CH4O.2H2O4S/c2*29-23-9-1-5-21-7-3-15-27(25(21)23)17-19-11-13-20(14-12-19)18-28-16-4-8-22-6-2-10-24(30)26(22)28;4*1-2;2*1-5(2,3)4/h2*1-16H,17-18H2;4*2H,1H3;2*(H2,1,2,3,4). The van der Waals surface area contributed by atoms with Gasteiger partial charge in [0.15, 0.2) is 74.0 Å². The average Bonchev–Trinajstić information content (AvgIpc) is 3.42. The van der Waals surface area contributed by atoms with Gasteiger partial charge >= 0.3 is 0 Å². The lowest BCUT2D eigenvalue weighted by Crippen LogP contribution is -2.35. The second kappa shape index (κ2) is 31.7. The molecule has 4 aromatic heterocycles. The van der Waals surface area contributed by atoms with Crippen LogP contribution in [0.5, 0.6) is 23.0 Å². The predicted molar refractivity (Wildman–Crippen MR) is 286 cm³/mol. The number of aliphatic hydroxyl groups is 4. The molecule has 0 aliphatic rings. The normalized spacial score (nSPS) is 10.4. The van der Waals surface area contributed by atoms with Gasteiger partial charge in [0, 0.05) is 95.8 Å². The lowest BCUT2D eigenvalue weighted by molar-refractivity contribution is -0.663. The Hall–Kier alpha value is -8.26. The van der Waals surface area contributed by atoms with E-state index in [2.05, 4.69) is 66.8 Å². The number of hydrogen-bond acceptors (Lipinski definition) is 16. The molecule has 0 radical (unpaired) electrons. The summed E-state index contributed by atoms with van der Waals surface area (Å²) in [7, 11) is -6.33. The number of fused-ring (bicyclic) bond motifs is 4. The van der Waals surface area contributed by atoms with Crippen molar-refractivity contribution in [1.82, 2.24) is 0 Å². The van der Waals surface area contributed by atoms with Crippen LogP contribution >= 0.6 is 0 Å². The third-order valence-electron chi connectivity index (χ3n) is 11.0. The Morgan fingerprint density at radius 1 is 0.295 bits per heavy atom. The maximum absolute atomic E-state index is 10.3. The highest BCUT2D eigenvalue weighted by molar-refractivity contribution is 7.80. The zero-order valence-electron chi connectivity index (χ0n) is 42.8. The van der Waals surface area contributed by atoms with Crippen LogP contribution in [0, 0.1) is 0 Å². The maximum Gasteiger partial charge on any atom is 0.254 e. The zero-order chi connectivity index (χ0) is 58.0. The number of aromatic hydroxyl groups is 4. The first-order chi connectivity index (χ1) is 37.4. The minimum absolute atomic E-state index is 0.289. The highest BCUT2D eigenvalue weighted by Gasteiger charge is 2.18. The van der Waals surface area contributed by atoms with E-state index in [-0.39, 0.29) is 23.0 Å². The van der Waals surface area contributed by atoms with Crippen molar-refractivity contribution in [3.63, 3.8) is 0 Å². The topological polar surface area (TPSA) is 338 Å². The van der Waals surface area contributed by atoms with Gasteiger partial charge in [-0.15, -0.1) is 0 Å². The Morgan fingerprint density at radius 3 is 0.615 bits per heavy atom. The summed E-state index contributed by atoms with van der Waals surface area (Å²) in [6, 6.07) is 55.3. The summed E-state index contributed by atoms with van der Waals surface area (Å²) in [6.07, 6.45) is 7.96. The van der Waals surface area contributed by atoms with E-state index in [0.717, 1.165) is 94.3 Å². The van der Waals surface area contributed by atoms with Crippen LogP contribution < -0.4 is 18.3 Å². The van der Waals surface area contributed by atoms with Crippen LogP contribution in [0.15, 0.2) is 195 Å². The van der Waals surface area contributed by atoms with Crippen molar-refractivity contribution < 1.29 is 94.2 Å². The first kappa shape index (κ1) is 64.0. The molecule has 0 saturated heterocycles. The van der Waals surface area contributed by atoms with Crippen molar-refractivity contribution in [3.8, 4) is 23.0 Å². The summed E-state index contributed by atoms with van der Waals surface area (Å²) in [5.74, 6) is 1.16. The van der Waals surface area contributed by atoms with Gasteiger partial charge in [-0.3, -0.25) is 16.8 Å². The molecule has 0 saturated carbocycles. The van der Waals surface area contributed by atoms with Crippen molar-refractivity contribution in [2.45, 2.75) is 26.2 Å². The Bertz CT molecular complexity index is 3210. The van der Waals surface area contributed by atoms with E-state index in [9.17, 15) is 20.4 Å². The van der Waals surface area contributed by atoms with Crippen molar-refractivity contribution in [3.05, 3.63) is 217 Å².